The number of halogens is 1. The van der Waals surface area contributed by atoms with Gasteiger partial charge in [0, 0.05) is 36.9 Å². The molecule has 144 valence electrons. The number of hydrogen-bond acceptors (Lipinski definition) is 1. The number of aromatic nitrogens is 1. The average Bonchev–Trinajstić information content (AvgIpc) is 3.24. The number of hydrogen-bond donors (Lipinski definition) is 1. The summed E-state index contributed by atoms with van der Waals surface area (Å²) >= 11 is 0. The van der Waals surface area contributed by atoms with Crippen LogP contribution in [0.3, 0.4) is 0 Å². The van der Waals surface area contributed by atoms with Crippen molar-refractivity contribution in [1.29, 1.82) is 0 Å². The van der Waals surface area contributed by atoms with Gasteiger partial charge in [-0.1, -0.05) is 18.2 Å². The van der Waals surface area contributed by atoms with Gasteiger partial charge in [-0.15, -0.1) is 0 Å². The van der Waals surface area contributed by atoms with Crippen LogP contribution in [0, 0.1) is 11.7 Å². The van der Waals surface area contributed by atoms with Crippen molar-refractivity contribution in [2.75, 3.05) is 18.4 Å². The monoisotopic (exact) mass is 377 g/mol. The number of carbonyl (C=O) groups excluding carboxylic acids is 1. The van der Waals surface area contributed by atoms with Crippen LogP contribution >= 0.6 is 0 Å². The number of amides is 2. The predicted molar refractivity (Wildman–Crippen MR) is 109 cm³/mol. The fourth-order valence-corrected chi connectivity index (χ4v) is 3.75. The van der Waals surface area contributed by atoms with Gasteiger partial charge in [0.25, 0.3) is 0 Å². The summed E-state index contributed by atoms with van der Waals surface area (Å²) < 4.78 is 15.4. The Labute approximate surface area is 164 Å². The van der Waals surface area contributed by atoms with Crippen molar-refractivity contribution in [3.8, 4) is 5.69 Å². The summed E-state index contributed by atoms with van der Waals surface area (Å²) in [6, 6.07) is 18.6. The van der Waals surface area contributed by atoms with Gasteiger partial charge in [0.2, 0.25) is 0 Å². The van der Waals surface area contributed by atoms with Crippen molar-refractivity contribution in [1.82, 2.24) is 9.47 Å². The first-order valence-corrected chi connectivity index (χ1v) is 9.71. The Balaban J connectivity index is 1.27. The van der Waals surface area contributed by atoms with Crippen molar-refractivity contribution in [2.45, 2.75) is 19.3 Å². The lowest BCUT2D eigenvalue weighted by atomic mass is 9.90. The Bertz CT molecular complexity index is 913. The van der Waals surface area contributed by atoms with Crippen LogP contribution in [0.15, 0.2) is 73.1 Å². The highest BCUT2D eigenvalue weighted by atomic mass is 19.1. The second-order valence-electron chi connectivity index (χ2n) is 7.33. The third kappa shape index (κ3) is 4.42. The fraction of sp³-hybridized carbons (Fsp3) is 0.261. The van der Waals surface area contributed by atoms with Gasteiger partial charge in [-0.3, -0.25) is 0 Å². The van der Waals surface area contributed by atoms with E-state index in [1.54, 1.807) is 12.1 Å². The minimum absolute atomic E-state index is 0.153. The zero-order chi connectivity index (χ0) is 19.3. The molecule has 1 aliphatic heterocycles. The molecule has 0 unspecified atom stereocenters. The Morgan fingerprint density at radius 1 is 1.00 bits per heavy atom. The first-order valence-electron chi connectivity index (χ1n) is 9.71. The first kappa shape index (κ1) is 18.3. The topological polar surface area (TPSA) is 37.3 Å². The molecule has 0 spiro atoms. The highest BCUT2D eigenvalue weighted by Crippen LogP contribution is 2.23. The number of rotatable bonds is 4. The molecule has 0 atom stereocenters. The number of carbonyl (C=O) groups is 1. The second-order valence-corrected chi connectivity index (χ2v) is 7.33. The van der Waals surface area contributed by atoms with E-state index in [1.165, 1.54) is 17.7 Å². The van der Waals surface area contributed by atoms with Crippen LogP contribution in [0.1, 0.15) is 18.4 Å². The summed E-state index contributed by atoms with van der Waals surface area (Å²) in [4.78, 5) is 14.2. The molecule has 0 saturated carbocycles. The molecule has 1 N–H and O–H groups in total. The van der Waals surface area contributed by atoms with Crippen LogP contribution in [0.25, 0.3) is 5.69 Å². The predicted octanol–water partition coefficient (Wildman–Crippen LogP) is 5.10. The van der Waals surface area contributed by atoms with Crippen LogP contribution in [-0.4, -0.2) is 28.6 Å². The van der Waals surface area contributed by atoms with Gasteiger partial charge in [-0.25, -0.2) is 9.18 Å². The van der Waals surface area contributed by atoms with Gasteiger partial charge in [0.15, 0.2) is 0 Å². The van der Waals surface area contributed by atoms with Crippen molar-refractivity contribution >= 4 is 11.7 Å². The van der Waals surface area contributed by atoms with Crippen LogP contribution in [0.4, 0.5) is 14.9 Å². The van der Waals surface area contributed by atoms with Crippen molar-refractivity contribution in [2.24, 2.45) is 5.92 Å². The Kier molecular flexibility index (Phi) is 5.42. The summed E-state index contributed by atoms with van der Waals surface area (Å²) in [6.45, 7) is 1.46. The maximum atomic E-state index is 13.3. The molecule has 1 aliphatic rings. The van der Waals surface area contributed by atoms with E-state index in [-0.39, 0.29) is 11.8 Å². The van der Waals surface area contributed by atoms with E-state index in [4.69, 9.17) is 0 Å². The summed E-state index contributed by atoms with van der Waals surface area (Å²) in [5.41, 5.74) is 2.99. The number of likely N-dealkylation sites (tertiary alicyclic amines) is 1. The van der Waals surface area contributed by atoms with Crippen LogP contribution in [-0.2, 0) is 6.42 Å². The molecule has 1 fully saturated rings. The minimum atomic E-state index is -0.348. The molecule has 0 bridgehead atoms. The number of nitrogens with one attached hydrogen (secondary N) is 1. The molecule has 28 heavy (non-hydrogen) atoms. The highest BCUT2D eigenvalue weighted by molar-refractivity contribution is 5.89. The van der Waals surface area contributed by atoms with E-state index in [1.807, 2.05) is 29.4 Å². The molecule has 4 nitrogen and oxygen atoms in total. The summed E-state index contributed by atoms with van der Waals surface area (Å²) in [5.74, 6) is 0.231. The lowest BCUT2D eigenvalue weighted by Gasteiger charge is -2.32. The number of anilines is 1. The van der Waals surface area contributed by atoms with Gasteiger partial charge < -0.3 is 14.8 Å². The van der Waals surface area contributed by atoms with Gasteiger partial charge >= 0.3 is 6.03 Å². The fourth-order valence-electron chi connectivity index (χ4n) is 3.75. The molecule has 3 aromatic rings. The molecule has 2 heterocycles. The second kappa shape index (κ2) is 8.30. The number of nitrogens with zero attached hydrogens (tertiary/aromatic N) is 2. The Hall–Kier alpha value is -3.08. The van der Waals surface area contributed by atoms with E-state index in [0.717, 1.165) is 38.0 Å². The lowest BCUT2D eigenvalue weighted by molar-refractivity contribution is 0.182. The molecule has 1 saturated heterocycles. The van der Waals surface area contributed by atoms with Crippen LogP contribution in [0.5, 0.6) is 0 Å². The molecule has 4 rings (SSSR count). The molecule has 2 aromatic carbocycles. The van der Waals surface area contributed by atoms with E-state index in [9.17, 15) is 9.18 Å². The molecule has 2 amide bonds. The SMILES string of the molecule is O=C(Nc1cccc(F)c1)N1CCC(Cc2ccc(-n3cccc3)cc2)CC1. The van der Waals surface area contributed by atoms with Crippen molar-refractivity contribution < 1.29 is 9.18 Å². The van der Waals surface area contributed by atoms with E-state index < -0.39 is 0 Å². The third-order valence-corrected chi connectivity index (χ3v) is 5.34. The molecular formula is C23H24FN3O. The zero-order valence-electron chi connectivity index (χ0n) is 15.7. The highest BCUT2D eigenvalue weighted by Gasteiger charge is 2.23. The number of piperidine rings is 1. The quantitative estimate of drug-likeness (QED) is 0.675. The van der Waals surface area contributed by atoms with Crippen molar-refractivity contribution in [3.63, 3.8) is 0 Å². The van der Waals surface area contributed by atoms with Crippen LogP contribution < -0.4 is 5.32 Å². The molecule has 1 aromatic heterocycles. The largest absolute Gasteiger partial charge is 0.325 e. The van der Waals surface area contributed by atoms with Crippen LogP contribution in [0.2, 0.25) is 0 Å². The number of benzene rings is 2. The smallest absolute Gasteiger partial charge is 0.321 e. The van der Waals surface area contributed by atoms with Crippen molar-refractivity contribution in [3.05, 3.63) is 84.4 Å². The van der Waals surface area contributed by atoms with Gasteiger partial charge in [0.1, 0.15) is 5.82 Å². The average molecular weight is 377 g/mol. The van der Waals surface area contributed by atoms with E-state index in [0.29, 0.717) is 11.6 Å². The van der Waals surface area contributed by atoms with Gasteiger partial charge in [0.05, 0.1) is 0 Å². The molecule has 0 radical (unpaired) electrons. The van der Waals surface area contributed by atoms with Gasteiger partial charge in [-0.2, -0.15) is 0 Å². The molecule has 0 aliphatic carbocycles. The van der Waals surface area contributed by atoms with Gasteiger partial charge in [-0.05, 0) is 73.2 Å². The Morgan fingerprint density at radius 2 is 1.71 bits per heavy atom. The third-order valence-electron chi connectivity index (χ3n) is 5.34. The first-order chi connectivity index (χ1) is 13.7. The number of urea groups is 1. The Morgan fingerprint density at radius 3 is 2.39 bits per heavy atom. The normalized spacial score (nSPS) is 14.8. The molecule has 5 heteroatoms. The van der Waals surface area contributed by atoms with E-state index in [2.05, 4.69) is 34.1 Å². The summed E-state index contributed by atoms with van der Waals surface area (Å²) in [7, 11) is 0. The standard InChI is InChI=1S/C23H24FN3O/c24-20-4-3-5-21(17-20)25-23(28)27-14-10-19(11-15-27)16-18-6-8-22(9-7-18)26-12-1-2-13-26/h1-9,12-13,17,19H,10-11,14-16H2,(H,25,28). The lowest BCUT2D eigenvalue weighted by Crippen LogP contribution is -2.41. The zero-order valence-corrected chi connectivity index (χ0v) is 15.7. The maximum Gasteiger partial charge on any atom is 0.321 e. The van der Waals surface area contributed by atoms with E-state index >= 15 is 0 Å². The minimum Gasteiger partial charge on any atom is -0.325 e. The maximum absolute atomic E-state index is 13.3. The molecular weight excluding hydrogens is 353 g/mol. The summed E-state index contributed by atoms with van der Waals surface area (Å²) in [6.07, 6.45) is 7.08. The summed E-state index contributed by atoms with van der Waals surface area (Å²) in [5, 5.41) is 2.78.